The number of sulfone groups is 1. The standard InChI is InChI=1S/C17H19NO2S/c1-15(8-7-11-16-9-3-2-4-10-16)14-21(19,20)17-12-5-6-13-18-17/h2-10,12-13,15H,11,14H2,1H3/b8-7+/t15-/m0/s1. The van der Waals surface area contributed by atoms with Crippen LogP contribution in [0.25, 0.3) is 0 Å². The Labute approximate surface area is 126 Å². The van der Waals surface area contributed by atoms with Gasteiger partial charge in [0.1, 0.15) is 0 Å². The van der Waals surface area contributed by atoms with Crippen molar-refractivity contribution in [1.82, 2.24) is 4.98 Å². The van der Waals surface area contributed by atoms with Gasteiger partial charge in [0.2, 0.25) is 0 Å². The Bertz CT molecular complexity index is 679. The quantitative estimate of drug-likeness (QED) is 0.769. The summed E-state index contributed by atoms with van der Waals surface area (Å²) in [6.45, 7) is 1.90. The molecule has 1 atom stereocenters. The molecule has 110 valence electrons. The number of aromatic nitrogens is 1. The number of allylic oxidation sites excluding steroid dienone is 2. The minimum atomic E-state index is -3.32. The van der Waals surface area contributed by atoms with Gasteiger partial charge in [0.05, 0.1) is 5.75 Å². The maximum Gasteiger partial charge on any atom is 0.196 e. The number of rotatable bonds is 6. The van der Waals surface area contributed by atoms with E-state index in [1.54, 1.807) is 12.1 Å². The first kappa shape index (κ1) is 15.4. The van der Waals surface area contributed by atoms with Crippen LogP contribution in [0, 0.1) is 5.92 Å². The van der Waals surface area contributed by atoms with Gasteiger partial charge >= 0.3 is 0 Å². The topological polar surface area (TPSA) is 47.0 Å². The molecule has 0 N–H and O–H groups in total. The van der Waals surface area contributed by atoms with Crippen molar-refractivity contribution in [2.24, 2.45) is 5.92 Å². The highest BCUT2D eigenvalue weighted by Gasteiger charge is 2.17. The summed E-state index contributed by atoms with van der Waals surface area (Å²) in [5, 5.41) is 0.147. The van der Waals surface area contributed by atoms with Crippen LogP contribution in [0.4, 0.5) is 0 Å². The molecule has 1 heterocycles. The highest BCUT2D eigenvalue weighted by molar-refractivity contribution is 7.91. The van der Waals surface area contributed by atoms with Crippen LogP contribution in [0.2, 0.25) is 0 Å². The van der Waals surface area contributed by atoms with Gasteiger partial charge in [-0.05, 0) is 30.0 Å². The van der Waals surface area contributed by atoms with Gasteiger partial charge < -0.3 is 0 Å². The van der Waals surface area contributed by atoms with E-state index in [1.807, 2.05) is 37.3 Å². The fraction of sp³-hybridized carbons (Fsp3) is 0.235. The van der Waals surface area contributed by atoms with Gasteiger partial charge in [-0.15, -0.1) is 0 Å². The number of pyridine rings is 1. The van der Waals surface area contributed by atoms with Crippen molar-refractivity contribution >= 4 is 9.84 Å². The summed E-state index contributed by atoms with van der Waals surface area (Å²) in [5.41, 5.74) is 1.22. The normalized spacial score (nSPS) is 13.4. The lowest BCUT2D eigenvalue weighted by Gasteiger charge is -2.07. The van der Waals surface area contributed by atoms with E-state index in [0.29, 0.717) is 0 Å². The third-order valence-electron chi connectivity index (χ3n) is 3.10. The van der Waals surface area contributed by atoms with Gasteiger partial charge in [0, 0.05) is 6.20 Å². The van der Waals surface area contributed by atoms with E-state index in [9.17, 15) is 8.42 Å². The van der Waals surface area contributed by atoms with Crippen molar-refractivity contribution in [3.8, 4) is 0 Å². The van der Waals surface area contributed by atoms with Crippen molar-refractivity contribution in [3.05, 3.63) is 72.4 Å². The third kappa shape index (κ3) is 4.83. The fourth-order valence-corrected chi connectivity index (χ4v) is 3.55. The predicted molar refractivity (Wildman–Crippen MR) is 84.7 cm³/mol. The molecule has 0 aliphatic heterocycles. The summed E-state index contributed by atoms with van der Waals surface area (Å²) >= 11 is 0. The lowest BCUT2D eigenvalue weighted by atomic mass is 10.1. The van der Waals surface area contributed by atoms with E-state index < -0.39 is 9.84 Å². The van der Waals surface area contributed by atoms with Crippen LogP contribution in [0.15, 0.2) is 71.9 Å². The fourth-order valence-electron chi connectivity index (χ4n) is 2.07. The molecular formula is C17H19NO2S. The molecule has 1 aromatic carbocycles. The Kier molecular flexibility index (Phi) is 5.28. The van der Waals surface area contributed by atoms with E-state index in [2.05, 4.69) is 17.1 Å². The lowest BCUT2D eigenvalue weighted by Crippen LogP contribution is -2.13. The van der Waals surface area contributed by atoms with Crippen LogP contribution in [-0.2, 0) is 16.3 Å². The Hall–Kier alpha value is -1.94. The summed E-state index contributed by atoms with van der Waals surface area (Å²) in [6.07, 6.45) is 6.29. The van der Waals surface area contributed by atoms with Crippen LogP contribution < -0.4 is 0 Å². The molecule has 0 aliphatic rings. The molecule has 0 aliphatic carbocycles. The Morgan fingerprint density at radius 2 is 1.81 bits per heavy atom. The molecule has 0 radical (unpaired) electrons. The molecule has 0 spiro atoms. The molecule has 1 aromatic heterocycles. The van der Waals surface area contributed by atoms with Gasteiger partial charge in [-0.3, -0.25) is 0 Å². The van der Waals surface area contributed by atoms with Crippen molar-refractivity contribution in [3.63, 3.8) is 0 Å². The van der Waals surface area contributed by atoms with Crippen LogP contribution in [0.3, 0.4) is 0 Å². The molecule has 4 heteroatoms. The molecule has 0 bridgehead atoms. The van der Waals surface area contributed by atoms with E-state index in [4.69, 9.17) is 0 Å². The molecule has 2 aromatic rings. The lowest BCUT2D eigenvalue weighted by molar-refractivity contribution is 0.584. The summed E-state index contributed by atoms with van der Waals surface area (Å²) in [6, 6.07) is 15.0. The molecule has 0 fully saturated rings. The van der Waals surface area contributed by atoms with Crippen LogP contribution in [0.1, 0.15) is 12.5 Å². The zero-order valence-electron chi connectivity index (χ0n) is 12.0. The highest BCUT2D eigenvalue weighted by atomic mass is 32.2. The smallest absolute Gasteiger partial charge is 0.196 e. The summed E-state index contributed by atoms with van der Waals surface area (Å²) in [4.78, 5) is 3.92. The largest absolute Gasteiger partial charge is 0.245 e. The van der Waals surface area contributed by atoms with E-state index >= 15 is 0 Å². The third-order valence-corrected chi connectivity index (χ3v) is 4.94. The molecule has 3 nitrogen and oxygen atoms in total. The van der Waals surface area contributed by atoms with E-state index in [0.717, 1.165) is 6.42 Å². The average Bonchev–Trinajstić information content (AvgIpc) is 2.49. The minimum absolute atomic E-state index is 0.0410. The number of hydrogen-bond donors (Lipinski definition) is 0. The SMILES string of the molecule is C[C@@H](/C=C/Cc1ccccc1)CS(=O)(=O)c1ccccn1. The summed E-state index contributed by atoms with van der Waals surface area (Å²) in [5.74, 6) is 0.0377. The second-order valence-electron chi connectivity index (χ2n) is 5.04. The predicted octanol–water partition coefficient (Wildman–Crippen LogP) is 3.29. The average molecular weight is 301 g/mol. The van der Waals surface area contributed by atoms with E-state index in [-0.39, 0.29) is 16.7 Å². The van der Waals surface area contributed by atoms with Gasteiger partial charge in [0.15, 0.2) is 14.9 Å². The molecule has 2 rings (SSSR count). The van der Waals surface area contributed by atoms with Crippen LogP contribution in [0.5, 0.6) is 0 Å². The first-order valence-corrected chi connectivity index (χ1v) is 8.57. The van der Waals surface area contributed by atoms with Crippen molar-refractivity contribution < 1.29 is 8.42 Å². The van der Waals surface area contributed by atoms with Crippen molar-refractivity contribution in [2.45, 2.75) is 18.4 Å². The molecule has 21 heavy (non-hydrogen) atoms. The van der Waals surface area contributed by atoms with Crippen molar-refractivity contribution in [2.75, 3.05) is 5.75 Å². The number of nitrogens with zero attached hydrogens (tertiary/aromatic N) is 1. The summed E-state index contributed by atoms with van der Waals surface area (Å²) < 4.78 is 24.4. The maximum atomic E-state index is 12.2. The van der Waals surface area contributed by atoms with Crippen molar-refractivity contribution in [1.29, 1.82) is 0 Å². The maximum absolute atomic E-state index is 12.2. The van der Waals surface area contributed by atoms with Gasteiger partial charge in [-0.2, -0.15) is 0 Å². The highest BCUT2D eigenvalue weighted by Crippen LogP contribution is 2.12. The Morgan fingerprint density at radius 1 is 1.10 bits per heavy atom. The zero-order chi connectivity index (χ0) is 15.1. The molecule has 0 unspecified atom stereocenters. The minimum Gasteiger partial charge on any atom is -0.245 e. The van der Waals surface area contributed by atoms with Gasteiger partial charge in [-0.1, -0.05) is 55.5 Å². The summed E-state index contributed by atoms with van der Waals surface area (Å²) in [7, 11) is -3.32. The van der Waals surface area contributed by atoms with E-state index in [1.165, 1.54) is 17.8 Å². The van der Waals surface area contributed by atoms with Crippen LogP contribution >= 0.6 is 0 Å². The monoisotopic (exact) mass is 301 g/mol. The zero-order valence-corrected chi connectivity index (χ0v) is 12.8. The molecule has 0 amide bonds. The number of hydrogen-bond acceptors (Lipinski definition) is 3. The van der Waals surface area contributed by atoms with Gasteiger partial charge in [0.25, 0.3) is 0 Å². The molecular weight excluding hydrogens is 282 g/mol. The first-order chi connectivity index (χ1) is 10.1. The first-order valence-electron chi connectivity index (χ1n) is 6.92. The second kappa shape index (κ2) is 7.18. The molecule has 0 saturated carbocycles. The second-order valence-corrected chi connectivity index (χ2v) is 7.03. The number of benzene rings is 1. The Morgan fingerprint density at radius 3 is 2.48 bits per heavy atom. The Balaban J connectivity index is 1.94. The van der Waals surface area contributed by atoms with Crippen LogP contribution in [-0.4, -0.2) is 19.2 Å². The van der Waals surface area contributed by atoms with Gasteiger partial charge in [-0.25, -0.2) is 13.4 Å². The molecule has 0 saturated heterocycles.